The van der Waals surface area contributed by atoms with Crippen molar-refractivity contribution in [1.82, 2.24) is 9.88 Å². The molecule has 0 unspecified atom stereocenters. The van der Waals surface area contributed by atoms with Crippen molar-refractivity contribution in [2.24, 2.45) is 5.92 Å². The van der Waals surface area contributed by atoms with Gasteiger partial charge in [-0.1, -0.05) is 24.3 Å². The van der Waals surface area contributed by atoms with Crippen molar-refractivity contribution in [3.63, 3.8) is 0 Å². The van der Waals surface area contributed by atoms with E-state index in [-0.39, 0.29) is 12.5 Å². The highest BCUT2D eigenvalue weighted by Crippen LogP contribution is 2.47. The lowest BCUT2D eigenvalue weighted by atomic mass is 9.80. The number of benzene rings is 3. The zero-order chi connectivity index (χ0) is 22.1. The number of carbonyl (C=O) groups excluding carboxylic acids is 1. The molecular formula is C28H26N2O3. The molecule has 1 amide bonds. The number of aliphatic hydroxyl groups is 1. The van der Waals surface area contributed by atoms with E-state index in [2.05, 4.69) is 46.3 Å². The molecule has 2 aliphatic carbocycles. The number of hydrogen-bond acceptors (Lipinski definition) is 3. The highest BCUT2D eigenvalue weighted by Gasteiger charge is 2.34. The summed E-state index contributed by atoms with van der Waals surface area (Å²) < 4.78 is 8.30. The van der Waals surface area contributed by atoms with Crippen LogP contribution in [0.15, 0.2) is 42.5 Å². The Hall–Kier alpha value is -3.31. The predicted octanol–water partition coefficient (Wildman–Crippen LogP) is 4.58. The molecule has 1 fully saturated rings. The summed E-state index contributed by atoms with van der Waals surface area (Å²) in [5.74, 6) is 1.67. The van der Waals surface area contributed by atoms with Crippen molar-refractivity contribution < 1.29 is 14.6 Å². The Morgan fingerprint density at radius 3 is 2.79 bits per heavy atom. The molecule has 1 aromatic heterocycles. The van der Waals surface area contributed by atoms with Gasteiger partial charge in [-0.05, 0) is 72.1 Å². The summed E-state index contributed by atoms with van der Waals surface area (Å²) in [6, 6.07) is 14.7. The van der Waals surface area contributed by atoms with Crippen LogP contribution in [0.3, 0.4) is 0 Å². The maximum Gasteiger partial charge on any atom is 0.252 e. The smallest absolute Gasteiger partial charge is 0.252 e. The fraction of sp³-hybridized carbons (Fsp3) is 0.321. The summed E-state index contributed by atoms with van der Waals surface area (Å²) in [6.45, 7) is 1.96. The molecule has 3 aromatic carbocycles. The van der Waals surface area contributed by atoms with Gasteiger partial charge in [-0.25, -0.2) is 0 Å². The molecule has 3 aliphatic rings. The Morgan fingerprint density at radius 2 is 1.94 bits per heavy atom. The number of aliphatic hydroxyl groups excluding tert-OH is 1. The number of hydrogen-bond donors (Lipinski definition) is 2. The van der Waals surface area contributed by atoms with Crippen LogP contribution in [0.4, 0.5) is 0 Å². The summed E-state index contributed by atoms with van der Waals surface area (Å²) in [7, 11) is 0. The lowest BCUT2D eigenvalue weighted by Crippen LogP contribution is -2.16. The summed E-state index contributed by atoms with van der Waals surface area (Å²) in [5, 5.41) is 15.3. The second kappa shape index (κ2) is 7.09. The molecule has 1 saturated carbocycles. The van der Waals surface area contributed by atoms with E-state index in [9.17, 15) is 9.90 Å². The summed E-state index contributed by atoms with van der Waals surface area (Å²) in [5.41, 5.74) is 8.91. The van der Waals surface area contributed by atoms with Gasteiger partial charge in [-0.3, -0.25) is 4.79 Å². The minimum Gasteiger partial charge on any atom is -0.493 e. The van der Waals surface area contributed by atoms with Gasteiger partial charge >= 0.3 is 0 Å². The number of rotatable bonds is 5. The van der Waals surface area contributed by atoms with Crippen LogP contribution in [0, 0.1) is 5.92 Å². The maximum absolute atomic E-state index is 13.1. The topological polar surface area (TPSA) is 63.5 Å². The third-order valence-electron chi connectivity index (χ3n) is 7.56. The molecule has 2 N–H and O–H groups in total. The van der Waals surface area contributed by atoms with E-state index in [1.54, 1.807) is 0 Å². The van der Waals surface area contributed by atoms with Crippen molar-refractivity contribution in [2.45, 2.75) is 38.8 Å². The van der Waals surface area contributed by atoms with E-state index in [0.29, 0.717) is 13.1 Å². The van der Waals surface area contributed by atoms with Gasteiger partial charge in [-0.2, -0.15) is 0 Å². The van der Waals surface area contributed by atoms with Gasteiger partial charge in [0, 0.05) is 34.9 Å². The molecule has 33 heavy (non-hydrogen) atoms. The van der Waals surface area contributed by atoms with Crippen molar-refractivity contribution in [3.8, 4) is 16.9 Å². The summed E-state index contributed by atoms with van der Waals surface area (Å²) in [4.78, 5) is 13.1. The van der Waals surface area contributed by atoms with Crippen LogP contribution >= 0.6 is 0 Å². The van der Waals surface area contributed by atoms with Gasteiger partial charge in [0.2, 0.25) is 0 Å². The van der Waals surface area contributed by atoms with Crippen LogP contribution in [-0.4, -0.2) is 28.8 Å². The Bertz CT molecular complexity index is 1460. The number of aromatic nitrogens is 1. The molecule has 0 radical (unpaired) electrons. The summed E-state index contributed by atoms with van der Waals surface area (Å²) >= 11 is 0. The lowest BCUT2D eigenvalue weighted by molar-refractivity contribution is 0.0966. The number of amides is 1. The summed E-state index contributed by atoms with van der Waals surface area (Å²) in [6.07, 6.45) is 4.33. The monoisotopic (exact) mass is 438 g/mol. The fourth-order valence-corrected chi connectivity index (χ4v) is 5.89. The number of fused-ring (bicyclic) bond motifs is 10. The van der Waals surface area contributed by atoms with Crippen molar-refractivity contribution in [1.29, 1.82) is 0 Å². The van der Waals surface area contributed by atoms with Gasteiger partial charge in [-0.15, -0.1) is 0 Å². The number of para-hydroxylation sites is 1. The molecule has 166 valence electrons. The van der Waals surface area contributed by atoms with Crippen molar-refractivity contribution >= 4 is 27.7 Å². The first-order valence-corrected chi connectivity index (χ1v) is 12.0. The van der Waals surface area contributed by atoms with Crippen LogP contribution < -0.4 is 10.1 Å². The standard InChI is InChI=1S/C28H26N2O3/c31-12-11-30-23-4-2-1-3-20(23)25-22-14-29-28(32)26(22)24-19-10-8-18(33-15-16-5-6-16)13-17(19)7-9-21(24)27(25)30/h1-4,8,10,13,16,31H,5-7,9,11-12,14-15H2,(H,29,32). The Morgan fingerprint density at radius 1 is 1.06 bits per heavy atom. The van der Waals surface area contributed by atoms with Crippen molar-refractivity contribution in [3.05, 3.63) is 64.7 Å². The van der Waals surface area contributed by atoms with E-state index in [0.717, 1.165) is 64.3 Å². The lowest BCUT2D eigenvalue weighted by Gasteiger charge is -2.25. The van der Waals surface area contributed by atoms with E-state index < -0.39 is 0 Å². The molecule has 0 bridgehead atoms. The molecule has 0 saturated heterocycles. The zero-order valence-electron chi connectivity index (χ0n) is 18.5. The average Bonchev–Trinajstić information content (AvgIpc) is 3.52. The minimum atomic E-state index is 0.0176. The molecule has 4 aromatic rings. The van der Waals surface area contributed by atoms with Gasteiger partial charge in [0.25, 0.3) is 5.91 Å². The molecule has 5 heteroatoms. The molecule has 5 nitrogen and oxygen atoms in total. The molecule has 1 aliphatic heterocycles. The molecular weight excluding hydrogens is 412 g/mol. The third-order valence-corrected chi connectivity index (χ3v) is 7.56. The number of nitrogens with zero attached hydrogens (tertiary/aromatic N) is 1. The van der Waals surface area contributed by atoms with Crippen LogP contribution in [0.5, 0.6) is 5.75 Å². The highest BCUT2D eigenvalue weighted by atomic mass is 16.5. The largest absolute Gasteiger partial charge is 0.493 e. The van der Waals surface area contributed by atoms with E-state index in [1.165, 1.54) is 34.9 Å². The molecule has 7 rings (SSSR count). The second-order valence-corrected chi connectivity index (χ2v) is 9.58. The second-order valence-electron chi connectivity index (χ2n) is 9.58. The fourth-order valence-electron chi connectivity index (χ4n) is 5.89. The van der Waals surface area contributed by atoms with Crippen molar-refractivity contribution in [2.75, 3.05) is 13.2 Å². The Balaban J connectivity index is 1.51. The highest BCUT2D eigenvalue weighted by molar-refractivity contribution is 6.19. The number of carbonyl (C=O) groups is 1. The normalized spacial score (nSPS) is 16.6. The first-order valence-electron chi connectivity index (χ1n) is 12.0. The van der Waals surface area contributed by atoms with Gasteiger partial charge in [0.15, 0.2) is 0 Å². The quantitative estimate of drug-likeness (QED) is 0.479. The first kappa shape index (κ1) is 19.2. The van der Waals surface area contributed by atoms with E-state index in [1.807, 2.05) is 6.07 Å². The molecule has 0 spiro atoms. The third kappa shape index (κ3) is 2.78. The van der Waals surface area contributed by atoms with Crippen LogP contribution in [0.25, 0.3) is 32.9 Å². The van der Waals surface area contributed by atoms with E-state index >= 15 is 0 Å². The van der Waals surface area contributed by atoms with Crippen LogP contribution in [-0.2, 0) is 25.9 Å². The number of nitrogens with one attached hydrogen (secondary N) is 1. The Labute approximate surface area is 192 Å². The number of ether oxygens (including phenoxy) is 1. The minimum absolute atomic E-state index is 0.0176. The zero-order valence-corrected chi connectivity index (χ0v) is 18.5. The average molecular weight is 439 g/mol. The van der Waals surface area contributed by atoms with Crippen LogP contribution in [0.1, 0.15) is 39.9 Å². The van der Waals surface area contributed by atoms with Gasteiger partial charge < -0.3 is 19.7 Å². The first-order chi connectivity index (χ1) is 16.2. The van der Waals surface area contributed by atoms with E-state index in [4.69, 9.17) is 4.74 Å². The SMILES string of the molecule is O=C1NCc2c1c1c(c3c2c2ccccc2n3CCO)CCc2cc(OCC3CC3)ccc2-1. The van der Waals surface area contributed by atoms with Gasteiger partial charge in [0.05, 0.1) is 24.3 Å². The number of aryl methyl sites for hydroxylation is 2. The van der Waals surface area contributed by atoms with Crippen LogP contribution in [0.2, 0.25) is 0 Å². The molecule has 0 atom stereocenters. The maximum atomic E-state index is 13.1. The molecule has 2 heterocycles. The Kier molecular flexibility index (Phi) is 4.12. The van der Waals surface area contributed by atoms with Gasteiger partial charge in [0.1, 0.15) is 5.75 Å². The predicted molar refractivity (Wildman–Crippen MR) is 129 cm³/mol.